The Balaban J connectivity index is 1.77. The molecule has 0 fully saturated rings. The highest BCUT2D eigenvalue weighted by Gasteiger charge is 2.28. The van der Waals surface area contributed by atoms with Crippen LogP contribution in [0.15, 0.2) is 36.7 Å². The fourth-order valence-corrected chi connectivity index (χ4v) is 2.88. The van der Waals surface area contributed by atoms with E-state index in [0.29, 0.717) is 6.54 Å². The summed E-state index contributed by atoms with van der Waals surface area (Å²) < 4.78 is 7.67. The average molecular weight is 327 g/mol. The van der Waals surface area contributed by atoms with Gasteiger partial charge in [0, 0.05) is 37.6 Å². The van der Waals surface area contributed by atoms with Crippen LogP contribution in [0.5, 0.6) is 0 Å². The van der Waals surface area contributed by atoms with Crippen molar-refractivity contribution in [2.24, 2.45) is 0 Å². The molecule has 3 heterocycles. The van der Waals surface area contributed by atoms with Crippen LogP contribution in [0.1, 0.15) is 38.4 Å². The number of aryl methyl sites for hydroxylation is 3. The summed E-state index contributed by atoms with van der Waals surface area (Å²) in [5.74, 6) is 0.764. The lowest BCUT2D eigenvalue weighted by Gasteiger charge is -2.31. The topological polar surface area (TPSA) is 47.4 Å². The highest BCUT2D eigenvalue weighted by atomic mass is 16.6. The number of aromatic nitrogens is 2. The second kappa shape index (κ2) is 6.67. The van der Waals surface area contributed by atoms with E-state index in [1.807, 2.05) is 45.3 Å². The molecule has 0 aromatic carbocycles. The number of carbonyl (C=O) groups is 1. The number of carbonyl (C=O) groups excluding carboxylic acids is 1. The summed E-state index contributed by atoms with van der Waals surface area (Å²) in [6.07, 6.45) is 6.52. The summed E-state index contributed by atoms with van der Waals surface area (Å²) in [7, 11) is 0. The van der Waals surface area contributed by atoms with E-state index >= 15 is 0 Å². The first-order valence-corrected chi connectivity index (χ1v) is 8.52. The van der Waals surface area contributed by atoms with Gasteiger partial charge < -0.3 is 9.30 Å². The van der Waals surface area contributed by atoms with Gasteiger partial charge >= 0.3 is 6.09 Å². The van der Waals surface area contributed by atoms with E-state index in [-0.39, 0.29) is 6.09 Å². The molecule has 0 N–H and O–H groups in total. The first kappa shape index (κ1) is 16.6. The molecule has 128 valence electrons. The molecule has 1 aliphatic rings. The van der Waals surface area contributed by atoms with Gasteiger partial charge in [-0.05, 0) is 57.4 Å². The standard InChI is InChI=1S/C19H25N3O2/c1-19(2,3)24-18(23)22-13-6-7-15-8-9-16(20-17(15)22)10-14-21-11-4-5-12-21/h4-5,8-9,11-12H,6-7,10,13-14H2,1-3H3. The second-order valence-corrected chi connectivity index (χ2v) is 7.19. The molecular weight excluding hydrogens is 302 g/mol. The van der Waals surface area contributed by atoms with Gasteiger partial charge in [0.05, 0.1) is 0 Å². The predicted octanol–water partition coefficient (Wildman–Crippen LogP) is 3.81. The van der Waals surface area contributed by atoms with Crippen molar-refractivity contribution in [2.75, 3.05) is 11.4 Å². The van der Waals surface area contributed by atoms with Crippen LogP contribution in [-0.4, -0.2) is 27.8 Å². The quantitative estimate of drug-likeness (QED) is 0.861. The van der Waals surface area contributed by atoms with Gasteiger partial charge in [0.1, 0.15) is 11.4 Å². The van der Waals surface area contributed by atoms with Crippen LogP contribution in [0.2, 0.25) is 0 Å². The fraction of sp³-hybridized carbons (Fsp3) is 0.474. The maximum absolute atomic E-state index is 12.5. The zero-order valence-corrected chi connectivity index (χ0v) is 14.7. The first-order chi connectivity index (χ1) is 11.4. The summed E-state index contributed by atoms with van der Waals surface area (Å²) in [4.78, 5) is 18.9. The Morgan fingerprint density at radius 3 is 2.71 bits per heavy atom. The highest BCUT2D eigenvalue weighted by molar-refractivity contribution is 5.88. The van der Waals surface area contributed by atoms with Crippen LogP contribution in [-0.2, 0) is 24.1 Å². The number of ether oxygens (including phenoxy) is 1. The number of amides is 1. The summed E-state index contributed by atoms with van der Waals surface area (Å²) in [5, 5.41) is 0. The molecule has 0 bridgehead atoms. The molecule has 1 amide bonds. The van der Waals surface area contributed by atoms with Crippen LogP contribution in [0, 0.1) is 0 Å². The number of hydrogen-bond acceptors (Lipinski definition) is 3. The number of nitrogens with zero attached hydrogens (tertiary/aromatic N) is 3. The van der Waals surface area contributed by atoms with E-state index in [1.165, 1.54) is 0 Å². The molecule has 0 radical (unpaired) electrons. The molecule has 3 rings (SSSR count). The SMILES string of the molecule is CC(C)(C)OC(=O)N1CCCc2ccc(CCn3cccc3)nc21. The Morgan fingerprint density at radius 2 is 2.00 bits per heavy atom. The lowest BCUT2D eigenvalue weighted by Crippen LogP contribution is -2.40. The van der Waals surface area contributed by atoms with E-state index in [0.717, 1.165) is 42.9 Å². The molecule has 0 aliphatic carbocycles. The third kappa shape index (κ3) is 3.96. The van der Waals surface area contributed by atoms with Gasteiger partial charge in [0.25, 0.3) is 0 Å². The van der Waals surface area contributed by atoms with Gasteiger partial charge in [-0.3, -0.25) is 4.90 Å². The zero-order valence-electron chi connectivity index (χ0n) is 14.7. The van der Waals surface area contributed by atoms with Gasteiger partial charge in [0.2, 0.25) is 0 Å². The Kier molecular flexibility index (Phi) is 4.60. The largest absolute Gasteiger partial charge is 0.443 e. The molecule has 2 aromatic heterocycles. The molecule has 2 aromatic rings. The second-order valence-electron chi connectivity index (χ2n) is 7.19. The van der Waals surface area contributed by atoms with E-state index < -0.39 is 5.60 Å². The molecule has 5 nitrogen and oxygen atoms in total. The normalized spacial score (nSPS) is 14.4. The molecule has 0 saturated heterocycles. The molecular formula is C19H25N3O2. The van der Waals surface area contributed by atoms with Crippen molar-refractivity contribution in [3.63, 3.8) is 0 Å². The third-order valence-corrected chi connectivity index (χ3v) is 4.00. The van der Waals surface area contributed by atoms with Gasteiger partial charge in [-0.1, -0.05) is 6.07 Å². The van der Waals surface area contributed by atoms with Gasteiger partial charge in [-0.25, -0.2) is 9.78 Å². The molecule has 24 heavy (non-hydrogen) atoms. The van der Waals surface area contributed by atoms with Crippen molar-refractivity contribution in [1.29, 1.82) is 0 Å². The Bertz CT molecular complexity index is 702. The number of anilines is 1. The lowest BCUT2D eigenvalue weighted by molar-refractivity contribution is 0.0576. The van der Waals surface area contributed by atoms with Crippen LogP contribution in [0.4, 0.5) is 10.6 Å². The van der Waals surface area contributed by atoms with Crippen LogP contribution >= 0.6 is 0 Å². The van der Waals surface area contributed by atoms with Gasteiger partial charge in [0.15, 0.2) is 0 Å². The van der Waals surface area contributed by atoms with Crippen molar-refractivity contribution < 1.29 is 9.53 Å². The summed E-state index contributed by atoms with van der Waals surface area (Å²) >= 11 is 0. The zero-order chi connectivity index (χ0) is 17.2. The molecule has 5 heteroatoms. The fourth-order valence-electron chi connectivity index (χ4n) is 2.88. The lowest BCUT2D eigenvalue weighted by atomic mass is 10.0. The summed E-state index contributed by atoms with van der Waals surface area (Å²) in [6, 6.07) is 8.21. The van der Waals surface area contributed by atoms with Crippen molar-refractivity contribution in [3.05, 3.63) is 47.9 Å². The Morgan fingerprint density at radius 1 is 1.25 bits per heavy atom. The minimum absolute atomic E-state index is 0.307. The molecule has 0 atom stereocenters. The Hall–Kier alpha value is -2.30. The van der Waals surface area contributed by atoms with Crippen LogP contribution in [0.3, 0.4) is 0 Å². The number of hydrogen-bond donors (Lipinski definition) is 0. The molecule has 0 saturated carbocycles. The summed E-state index contributed by atoms with van der Waals surface area (Å²) in [6.45, 7) is 7.20. The average Bonchev–Trinajstić information content (AvgIpc) is 3.04. The predicted molar refractivity (Wildman–Crippen MR) is 94.3 cm³/mol. The third-order valence-electron chi connectivity index (χ3n) is 4.00. The van der Waals surface area contributed by atoms with Crippen molar-refractivity contribution in [2.45, 2.75) is 52.2 Å². The molecule has 1 aliphatic heterocycles. The van der Waals surface area contributed by atoms with Crippen molar-refractivity contribution in [3.8, 4) is 0 Å². The van der Waals surface area contributed by atoms with Crippen LogP contribution < -0.4 is 4.90 Å². The van der Waals surface area contributed by atoms with E-state index in [4.69, 9.17) is 9.72 Å². The maximum atomic E-state index is 12.5. The Labute approximate surface area is 143 Å². The maximum Gasteiger partial charge on any atom is 0.416 e. The molecule has 0 unspecified atom stereocenters. The van der Waals surface area contributed by atoms with Gasteiger partial charge in [-0.15, -0.1) is 0 Å². The first-order valence-electron chi connectivity index (χ1n) is 8.52. The van der Waals surface area contributed by atoms with E-state index in [2.05, 4.69) is 16.7 Å². The van der Waals surface area contributed by atoms with E-state index in [1.54, 1.807) is 4.90 Å². The smallest absolute Gasteiger partial charge is 0.416 e. The monoisotopic (exact) mass is 327 g/mol. The number of fused-ring (bicyclic) bond motifs is 1. The van der Waals surface area contributed by atoms with E-state index in [9.17, 15) is 4.79 Å². The number of pyridine rings is 1. The highest BCUT2D eigenvalue weighted by Crippen LogP contribution is 2.27. The van der Waals surface area contributed by atoms with Crippen LogP contribution in [0.25, 0.3) is 0 Å². The van der Waals surface area contributed by atoms with Gasteiger partial charge in [-0.2, -0.15) is 0 Å². The minimum Gasteiger partial charge on any atom is -0.443 e. The summed E-state index contributed by atoms with van der Waals surface area (Å²) in [5.41, 5.74) is 1.62. The number of rotatable bonds is 3. The molecule has 0 spiro atoms. The minimum atomic E-state index is -0.499. The van der Waals surface area contributed by atoms with Crippen molar-refractivity contribution in [1.82, 2.24) is 9.55 Å². The van der Waals surface area contributed by atoms with Crippen molar-refractivity contribution >= 4 is 11.9 Å².